The molecule has 0 aliphatic heterocycles. The molecule has 10 nitrogen and oxygen atoms in total. The number of phenols is 1. The van der Waals surface area contributed by atoms with Crippen LogP contribution in [0.3, 0.4) is 0 Å². The fourth-order valence-electron chi connectivity index (χ4n) is 4.03. The van der Waals surface area contributed by atoms with Crippen LogP contribution in [0, 0.1) is 0 Å². The minimum atomic E-state index is -1.21. The van der Waals surface area contributed by atoms with Crippen molar-refractivity contribution in [2.24, 2.45) is 0 Å². The molecule has 1 atom stereocenters. The average molecular weight is 646 g/mol. The molecule has 4 aromatic rings. The summed E-state index contributed by atoms with van der Waals surface area (Å²) in [6.07, 6.45) is 1.44. The molecule has 0 spiro atoms. The number of benzene rings is 4. The number of carboxylic acid groups (broad SMARTS) is 1. The molecule has 0 heterocycles. The Morgan fingerprint density at radius 2 is 1.62 bits per heavy atom. The van der Waals surface area contributed by atoms with Gasteiger partial charge in [-0.1, -0.05) is 35.9 Å². The van der Waals surface area contributed by atoms with Crippen LogP contribution in [0.5, 0.6) is 11.5 Å². The number of aromatic hydroxyl groups is 1. The van der Waals surface area contributed by atoms with Gasteiger partial charge >= 0.3 is 5.97 Å². The molecule has 4 aromatic carbocycles. The molecule has 0 aliphatic carbocycles. The molecule has 12 heteroatoms. The summed E-state index contributed by atoms with van der Waals surface area (Å²) in [6, 6.07) is 23.8. The molecule has 1 unspecified atom stereocenters. The molecule has 0 fully saturated rings. The molecule has 0 aliphatic rings. The summed E-state index contributed by atoms with van der Waals surface area (Å²) < 4.78 is 5.33. The van der Waals surface area contributed by atoms with E-state index in [-0.39, 0.29) is 39.4 Å². The number of hydrogen-bond acceptors (Lipinski definition) is 7. The monoisotopic (exact) mass is 645 g/mol. The van der Waals surface area contributed by atoms with E-state index in [1.807, 2.05) is 0 Å². The van der Waals surface area contributed by atoms with Gasteiger partial charge in [-0.2, -0.15) is 0 Å². The molecule has 5 N–H and O–H groups in total. The first kappa shape index (κ1) is 32.6. The second-order valence-corrected chi connectivity index (χ2v) is 11.4. The van der Waals surface area contributed by atoms with Gasteiger partial charge < -0.3 is 30.9 Å². The number of rotatable bonds is 11. The van der Waals surface area contributed by atoms with Crippen LogP contribution < -0.4 is 20.7 Å². The Balaban J connectivity index is 1.51. The highest BCUT2D eigenvalue weighted by atomic mass is 35.5. The Kier molecular flexibility index (Phi) is 10.9. The largest absolute Gasteiger partial charge is 0.508 e. The van der Waals surface area contributed by atoms with Gasteiger partial charge in [0.25, 0.3) is 11.8 Å². The molecular weight excluding hydrogens is 618 g/mol. The highest BCUT2D eigenvalue weighted by Crippen LogP contribution is 2.29. The van der Waals surface area contributed by atoms with Crippen molar-refractivity contribution >= 4 is 64.5 Å². The highest BCUT2D eigenvalue weighted by Gasteiger charge is 2.19. The fraction of sp³-hybridized carbons (Fsp3) is 0.0909. The molecule has 230 valence electrons. The van der Waals surface area contributed by atoms with Crippen LogP contribution >= 0.6 is 23.4 Å². The molecule has 4 rings (SSSR count). The molecule has 45 heavy (non-hydrogen) atoms. The second-order valence-electron chi connectivity index (χ2n) is 9.54. The number of carbonyl (C=O) groups is 4. The van der Waals surface area contributed by atoms with Crippen molar-refractivity contribution in [3.8, 4) is 11.5 Å². The maximum atomic E-state index is 13.5. The van der Waals surface area contributed by atoms with Gasteiger partial charge in [0, 0.05) is 33.5 Å². The molecule has 0 saturated heterocycles. The summed E-state index contributed by atoms with van der Waals surface area (Å²) in [5, 5.41) is 26.7. The first-order valence-electron chi connectivity index (χ1n) is 13.4. The molecular formula is C33H28ClN3O7S. The minimum absolute atomic E-state index is 0.0290. The maximum Gasteiger partial charge on any atom is 0.337 e. The molecule has 0 saturated carbocycles. The summed E-state index contributed by atoms with van der Waals surface area (Å²) in [5.74, 6) is -2.45. The third kappa shape index (κ3) is 8.88. The number of hydrogen-bond donors (Lipinski definition) is 5. The summed E-state index contributed by atoms with van der Waals surface area (Å²) in [5.41, 5.74) is 1.26. The number of thioether (sulfide) groups is 1. The van der Waals surface area contributed by atoms with Crippen molar-refractivity contribution in [1.29, 1.82) is 0 Å². The summed E-state index contributed by atoms with van der Waals surface area (Å²) >= 11 is 7.13. The van der Waals surface area contributed by atoms with Crippen LogP contribution in [0.2, 0.25) is 5.02 Å². The van der Waals surface area contributed by atoms with E-state index in [9.17, 15) is 29.4 Å². The number of methoxy groups -OCH3 is 1. The first-order chi connectivity index (χ1) is 21.5. The number of halogens is 1. The van der Waals surface area contributed by atoms with E-state index in [1.165, 1.54) is 55.3 Å². The van der Waals surface area contributed by atoms with Gasteiger partial charge in [0.05, 0.1) is 22.9 Å². The molecule has 3 amide bonds. The molecule has 0 radical (unpaired) electrons. The van der Waals surface area contributed by atoms with Crippen LogP contribution in [-0.2, 0) is 9.59 Å². The number of nitrogens with one attached hydrogen (secondary N) is 3. The Morgan fingerprint density at radius 3 is 2.33 bits per heavy atom. The first-order valence-corrected chi connectivity index (χ1v) is 14.7. The standard InChI is InChI=1S/C33H28ClN3O7S/c1-19(30(39)35-23-12-14-27(34)26(17-23)33(42)43)45-25-10-6-9-22(16-25)36-32(41)28(37-31(40)20-7-4-3-5-8-20)15-21-11-13-24(38)18-29(21)44-2/h3-19,38H,1-2H3,(H,35,39)(H,36,41)(H,37,40)(H,42,43)/b28-15+. The summed E-state index contributed by atoms with van der Waals surface area (Å²) in [6.45, 7) is 1.68. The zero-order valence-electron chi connectivity index (χ0n) is 24.0. The van der Waals surface area contributed by atoms with Gasteiger partial charge in [-0.15, -0.1) is 11.8 Å². The lowest BCUT2D eigenvalue weighted by Gasteiger charge is -2.15. The maximum absolute atomic E-state index is 13.5. The van der Waals surface area contributed by atoms with Crippen LogP contribution in [0.1, 0.15) is 33.2 Å². The quantitative estimate of drug-likeness (QED) is 0.0943. The summed E-state index contributed by atoms with van der Waals surface area (Å²) in [4.78, 5) is 51.3. The normalized spacial score (nSPS) is 11.7. The van der Waals surface area contributed by atoms with Crippen molar-refractivity contribution in [3.63, 3.8) is 0 Å². The zero-order valence-corrected chi connectivity index (χ0v) is 25.6. The number of ether oxygens (including phenoxy) is 1. The summed E-state index contributed by atoms with van der Waals surface area (Å²) in [7, 11) is 1.42. The van der Waals surface area contributed by atoms with E-state index >= 15 is 0 Å². The Labute approximate surface area is 268 Å². The lowest BCUT2D eigenvalue weighted by atomic mass is 10.1. The SMILES string of the molecule is COc1cc(O)ccc1/C=C(/NC(=O)c1ccccc1)C(=O)Nc1cccc(SC(C)C(=O)Nc2ccc(Cl)c(C(=O)O)c2)c1. The fourth-order valence-corrected chi connectivity index (χ4v) is 5.16. The Hall–Kier alpha value is -5.26. The van der Waals surface area contributed by atoms with Crippen LogP contribution in [0.4, 0.5) is 11.4 Å². The van der Waals surface area contributed by atoms with E-state index in [4.69, 9.17) is 16.3 Å². The van der Waals surface area contributed by atoms with Crippen LogP contribution in [-0.4, -0.2) is 46.3 Å². The van der Waals surface area contributed by atoms with E-state index in [2.05, 4.69) is 16.0 Å². The Bertz CT molecular complexity index is 1780. The van der Waals surface area contributed by atoms with Gasteiger partial charge in [-0.25, -0.2) is 4.79 Å². The Morgan fingerprint density at radius 1 is 0.889 bits per heavy atom. The van der Waals surface area contributed by atoms with Gasteiger partial charge in [-0.3, -0.25) is 14.4 Å². The van der Waals surface area contributed by atoms with Crippen molar-refractivity contribution in [1.82, 2.24) is 5.32 Å². The number of amides is 3. The number of anilines is 2. The van der Waals surface area contributed by atoms with Crippen LogP contribution in [0.25, 0.3) is 6.08 Å². The smallest absolute Gasteiger partial charge is 0.337 e. The molecule has 0 aromatic heterocycles. The van der Waals surface area contributed by atoms with E-state index in [1.54, 1.807) is 67.6 Å². The third-order valence-electron chi connectivity index (χ3n) is 6.28. The number of aromatic carboxylic acids is 1. The number of carbonyl (C=O) groups excluding carboxylic acids is 3. The minimum Gasteiger partial charge on any atom is -0.508 e. The van der Waals surface area contributed by atoms with Crippen molar-refractivity contribution < 1.29 is 34.1 Å². The average Bonchev–Trinajstić information content (AvgIpc) is 3.02. The number of carboxylic acids is 1. The third-order valence-corrected chi connectivity index (χ3v) is 7.71. The van der Waals surface area contributed by atoms with Crippen molar-refractivity contribution in [3.05, 3.63) is 118 Å². The zero-order chi connectivity index (χ0) is 32.5. The predicted molar refractivity (Wildman–Crippen MR) is 174 cm³/mol. The van der Waals surface area contributed by atoms with Crippen LogP contribution in [0.15, 0.2) is 102 Å². The lowest BCUT2D eigenvalue weighted by molar-refractivity contribution is -0.115. The number of phenolic OH excluding ortho intramolecular Hbond substituents is 1. The van der Waals surface area contributed by atoms with Gasteiger partial charge in [-0.05, 0) is 73.7 Å². The highest BCUT2D eigenvalue weighted by molar-refractivity contribution is 8.00. The van der Waals surface area contributed by atoms with Crippen molar-refractivity contribution in [2.75, 3.05) is 17.7 Å². The van der Waals surface area contributed by atoms with Gasteiger partial charge in [0.1, 0.15) is 17.2 Å². The van der Waals surface area contributed by atoms with Gasteiger partial charge in [0.15, 0.2) is 0 Å². The van der Waals surface area contributed by atoms with Gasteiger partial charge in [0.2, 0.25) is 5.91 Å². The van der Waals surface area contributed by atoms with E-state index in [0.717, 1.165) is 0 Å². The van der Waals surface area contributed by atoms with E-state index in [0.29, 0.717) is 21.7 Å². The van der Waals surface area contributed by atoms with E-state index < -0.39 is 23.0 Å². The predicted octanol–water partition coefficient (Wildman–Crippen LogP) is 6.28. The topological polar surface area (TPSA) is 154 Å². The molecule has 0 bridgehead atoms. The second kappa shape index (κ2) is 15.0. The van der Waals surface area contributed by atoms with Crippen molar-refractivity contribution in [2.45, 2.75) is 17.1 Å². The lowest BCUT2D eigenvalue weighted by Crippen LogP contribution is -2.30.